The average molecular weight is 431 g/mol. The molecule has 22 heavy (non-hydrogen) atoms. The van der Waals surface area contributed by atoms with Gasteiger partial charge in [0.05, 0.1) is 12.1 Å². The maximum absolute atomic E-state index is 12.4. The third kappa shape index (κ3) is 7.71. The van der Waals surface area contributed by atoms with E-state index in [0.717, 1.165) is 25.1 Å². The molecule has 0 aliphatic rings. The van der Waals surface area contributed by atoms with E-state index in [1.807, 2.05) is 6.92 Å². The van der Waals surface area contributed by atoms with Gasteiger partial charge < -0.3 is 15.4 Å². The van der Waals surface area contributed by atoms with E-state index in [0.29, 0.717) is 24.9 Å². The van der Waals surface area contributed by atoms with Gasteiger partial charge in [-0.15, -0.1) is 24.0 Å². The Morgan fingerprint density at radius 1 is 1.14 bits per heavy atom. The van der Waals surface area contributed by atoms with Crippen LogP contribution in [0.4, 0.5) is 13.2 Å². The lowest BCUT2D eigenvalue weighted by atomic mass is 10.2. The lowest BCUT2D eigenvalue weighted by Gasteiger charge is -2.12. The van der Waals surface area contributed by atoms with Gasteiger partial charge in [-0.25, -0.2) is 0 Å². The van der Waals surface area contributed by atoms with E-state index in [2.05, 4.69) is 15.6 Å². The summed E-state index contributed by atoms with van der Waals surface area (Å²) < 4.78 is 42.5. The number of hydrogen-bond donors (Lipinski definition) is 2. The Morgan fingerprint density at radius 3 is 2.23 bits per heavy atom. The zero-order valence-corrected chi connectivity index (χ0v) is 14.9. The summed E-state index contributed by atoms with van der Waals surface area (Å²) in [5.74, 6) is 1.08. The Hall–Kier alpha value is -1.19. The summed E-state index contributed by atoms with van der Waals surface area (Å²) in [7, 11) is 1.67. The van der Waals surface area contributed by atoms with Crippen LogP contribution in [0.1, 0.15) is 18.9 Å². The summed E-state index contributed by atoms with van der Waals surface area (Å²) in [6.45, 7) is 3.70. The smallest absolute Gasteiger partial charge is 0.416 e. The molecule has 1 aromatic carbocycles. The number of nitrogens with zero attached hydrogens (tertiary/aromatic N) is 1. The number of rotatable bonds is 6. The minimum Gasteiger partial charge on any atom is -0.492 e. The first kappa shape index (κ1) is 20.8. The van der Waals surface area contributed by atoms with Gasteiger partial charge in [0.1, 0.15) is 12.4 Å². The second kappa shape index (κ2) is 10.5. The Balaban J connectivity index is 0.00000441. The quantitative estimate of drug-likeness (QED) is 0.315. The monoisotopic (exact) mass is 431 g/mol. The SMILES string of the molecule is CCCNC(=NC)NCCOc1ccc(C(F)(F)F)cc1.I. The average Bonchev–Trinajstić information content (AvgIpc) is 2.46. The molecule has 0 aromatic heterocycles. The fourth-order valence-corrected chi connectivity index (χ4v) is 1.54. The van der Waals surface area contributed by atoms with Gasteiger partial charge in [0, 0.05) is 13.6 Å². The number of alkyl halides is 3. The van der Waals surface area contributed by atoms with Gasteiger partial charge in [-0.3, -0.25) is 4.99 Å². The van der Waals surface area contributed by atoms with Crippen molar-refractivity contribution in [2.75, 3.05) is 26.7 Å². The molecule has 1 rings (SSSR count). The molecule has 0 heterocycles. The first-order valence-electron chi connectivity index (χ1n) is 6.72. The predicted molar refractivity (Wildman–Crippen MR) is 92.0 cm³/mol. The summed E-state index contributed by atoms with van der Waals surface area (Å²) in [5, 5.41) is 6.14. The van der Waals surface area contributed by atoms with Gasteiger partial charge >= 0.3 is 6.18 Å². The van der Waals surface area contributed by atoms with Crippen molar-refractivity contribution in [2.24, 2.45) is 4.99 Å². The molecule has 1 aromatic rings. The number of guanidine groups is 1. The molecule has 0 amide bonds. The molecule has 0 radical (unpaired) electrons. The number of hydrogen-bond acceptors (Lipinski definition) is 2. The summed E-state index contributed by atoms with van der Waals surface area (Å²) >= 11 is 0. The Labute approximate surface area is 145 Å². The van der Waals surface area contributed by atoms with Crippen molar-refractivity contribution in [2.45, 2.75) is 19.5 Å². The van der Waals surface area contributed by atoms with Crippen molar-refractivity contribution in [1.29, 1.82) is 0 Å². The lowest BCUT2D eigenvalue weighted by molar-refractivity contribution is -0.137. The Morgan fingerprint density at radius 2 is 1.73 bits per heavy atom. The standard InChI is InChI=1S/C14H20F3N3O.HI/c1-3-8-19-13(18-2)20-9-10-21-12-6-4-11(5-7-12)14(15,16)17;/h4-7H,3,8-10H2,1-2H3,(H2,18,19,20);1H. The van der Waals surface area contributed by atoms with Crippen molar-refractivity contribution in [3.63, 3.8) is 0 Å². The molecule has 0 saturated carbocycles. The minimum atomic E-state index is -4.32. The lowest BCUT2D eigenvalue weighted by Crippen LogP contribution is -2.39. The predicted octanol–water partition coefficient (Wildman–Crippen LogP) is 3.28. The van der Waals surface area contributed by atoms with Gasteiger partial charge in [0.25, 0.3) is 0 Å². The van der Waals surface area contributed by atoms with E-state index in [4.69, 9.17) is 4.74 Å². The largest absolute Gasteiger partial charge is 0.492 e. The van der Waals surface area contributed by atoms with Crippen LogP contribution in [0.5, 0.6) is 5.75 Å². The molecular weight excluding hydrogens is 410 g/mol. The molecule has 0 atom stereocenters. The van der Waals surface area contributed by atoms with Crippen LogP contribution in [0.2, 0.25) is 0 Å². The van der Waals surface area contributed by atoms with E-state index < -0.39 is 11.7 Å². The highest BCUT2D eigenvalue weighted by molar-refractivity contribution is 14.0. The molecule has 0 bridgehead atoms. The molecule has 0 saturated heterocycles. The van der Waals surface area contributed by atoms with E-state index in [1.165, 1.54) is 12.1 Å². The van der Waals surface area contributed by atoms with Gasteiger partial charge in [0.15, 0.2) is 5.96 Å². The Bertz CT molecular complexity index is 450. The molecular formula is C14H21F3IN3O. The molecule has 0 unspecified atom stereocenters. The maximum atomic E-state index is 12.4. The van der Waals surface area contributed by atoms with Crippen molar-refractivity contribution >= 4 is 29.9 Å². The molecule has 8 heteroatoms. The van der Waals surface area contributed by atoms with Crippen molar-refractivity contribution in [3.05, 3.63) is 29.8 Å². The van der Waals surface area contributed by atoms with Crippen molar-refractivity contribution in [3.8, 4) is 5.75 Å². The van der Waals surface area contributed by atoms with Crippen LogP contribution in [0.15, 0.2) is 29.3 Å². The fourth-order valence-electron chi connectivity index (χ4n) is 1.54. The minimum absolute atomic E-state index is 0. The number of aliphatic imine (C=N–C) groups is 1. The second-order valence-corrected chi connectivity index (χ2v) is 4.30. The second-order valence-electron chi connectivity index (χ2n) is 4.30. The molecule has 0 fully saturated rings. The number of benzene rings is 1. The molecule has 2 N–H and O–H groups in total. The van der Waals surface area contributed by atoms with Crippen LogP contribution in [0.25, 0.3) is 0 Å². The zero-order valence-electron chi connectivity index (χ0n) is 12.5. The van der Waals surface area contributed by atoms with Crippen molar-refractivity contribution < 1.29 is 17.9 Å². The van der Waals surface area contributed by atoms with Crippen LogP contribution >= 0.6 is 24.0 Å². The van der Waals surface area contributed by atoms with Crippen LogP contribution in [-0.4, -0.2) is 32.7 Å². The van der Waals surface area contributed by atoms with Crippen molar-refractivity contribution in [1.82, 2.24) is 10.6 Å². The highest BCUT2D eigenvalue weighted by Gasteiger charge is 2.29. The van der Waals surface area contributed by atoms with Gasteiger partial charge in [-0.05, 0) is 30.7 Å². The third-order valence-corrected chi connectivity index (χ3v) is 2.61. The highest BCUT2D eigenvalue weighted by atomic mass is 127. The topological polar surface area (TPSA) is 45.7 Å². The van der Waals surface area contributed by atoms with Crippen LogP contribution in [0, 0.1) is 0 Å². The number of ether oxygens (including phenoxy) is 1. The van der Waals surface area contributed by atoms with Crippen LogP contribution in [0.3, 0.4) is 0 Å². The zero-order chi connectivity index (χ0) is 15.7. The third-order valence-electron chi connectivity index (χ3n) is 2.61. The van der Waals surface area contributed by atoms with E-state index >= 15 is 0 Å². The molecule has 0 spiro atoms. The number of nitrogens with one attached hydrogen (secondary N) is 2. The highest BCUT2D eigenvalue weighted by Crippen LogP contribution is 2.30. The number of halogens is 4. The first-order chi connectivity index (χ1) is 9.97. The Kier molecular flexibility index (Phi) is 9.95. The first-order valence-corrected chi connectivity index (χ1v) is 6.72. The molecule has 0 aliphatic carbocycles. The van der Waals surface area contributed by atoms with Gasteiger partial charge in [0.2, 0.25) is 0 Å². The summed E-state index contributed by atoms with van der Waals surface area (Å²) in [6.07, 6.45) is -3.33. The maximum Gasteiger partial charge on any atom is 0.416 e. The fraction of sp³-hybridized carbons (Fsp3) is 0.500. The van der Waals surface area contributed by atoms with Crippen LogP contribution in [-0.2, 0) is 6.18 Å². The van der Waals surface area contributed by atoms with Gasteiger partial charge in [-0.1, -0.05) is 6.92 Å². The van der Waals surface area contributed by atoms with Crippen LogP contribution < -0.4 is 15.4 Å². The summed E-state index contributed by atoms with van der Waals surface area (Å²) in [6, 6.07) is 4.63. The van der Waals surface area contributed by atoms with E-state index in [9.17, 15) is 13.2 Å². The molecule has 126 valence electrons. The molecule has 4 nitrogen and oxygen atoms in total. The summed E-state index contributed by atoms with van der Waals surface area (Å²) in [4.78, 5) is 4.02. The van der Waals surface area contributed by atoms with E-state index in [1.54, 1.807) is 7.05 Å². The summed E-state index contributed by atoms with van der Waals surface area (Å²) in [5.41, 5.74) is -0.683. The normalized spacial score (nSPS) is 11.6. The molecule has 0 aliphatic heterocycles. The van der Waals surface area contributed by atoms with Gasteiger partial charge in [-0.2, -0.15) is 13.2 Å². The van der Waals surface area contributed by atoms with E-state index in [-0.39, 0.29) is 24.0 Å².